The number of esters is 1. The number of rotatable bonds is 6. The van der Waals surface area contributed by atoms with Gasteiger partial charge in [-0.1, -0.05) is 17.7 Å². The lowest BCUT2D eigenvalue weighted by Crippen LogP contribution is -2.36. The highest BCUT2D eigenvalue weighted by Gasteiger charge is 2.11. The highest BCUT2D eigenvalue weighted by atomic mass is 35.5. The van der Waals surface area contributed by atoms with Crippen molar-refractivity contribution in [1.29, 1.82) is 0 Å². The number of anilines is 1. The van der Waals surface area contributed by atoms with Crippen LogP contribution in [0.3, 0.4) is 0 Å². The molecule has 1 aromatic heterocycles. The summed E-state index contributed by atoms with van der Waals surface area (Å²) in [5.74, 6) is -0.472. The number of pyridine rings is 1. The zero-order chi connectivity index (χ0) is 22.1. The smallest absolute Gasteiger partial charge is 0.338 e. The van der Waals surface area contributed by atoms with Crippen LogP contribution in [0.4, 0.5) is 5.69 Å². The number of guanidine groups is 1. The Morgan fingerprint density at radius 3 is 2.39 bits per heavy atom. The molecule has 0 bridgehead atoms. The van der Waals surface area contributed by atoms with Crippen molar-refractivity contribution in [3.63, 3.8) is 0 Å². The minimum Gasteiger partial charge on any atom is -0.462 e. The van der Waals surface area contributed by atoms with E-state index in [0.717, 1.165) is 5.56 Å². The van der Waals surface area contributed by atoms with E-state index in [1.807, 2.05) is 12.1 Å². The number of hydrogen-bond acceptors (Lipinski definition) is 5. The number of nitrogens with one attached hydrogen (secondary N) is 2. The van der Waals surface area contributed by atoms with Crippen LogP contribution in [0.2, 0.25) is 5.02 Å². The van der Waals surface area contributed by atoms with Crippen LogP contribution < -0.4 is 10.6 Å². The van der Waals surface area contributed by atoms with Gasteiger partial charge >= 0.3 is 5.97 Å². The first kappa shape index (κ1) is 22.0. The molecule has 0 aliphatic carbocycles. The molecule has 3 aromatic rings. The van der Waals surface area contributed by atoms with Crippen LogP contribution in [0.1, 0.15) is 33.2 Å². The molecule has 0 fully saturated rings. The Labute approximate surface area is 185 Å². The van der Waals surface area contributed by atoms with Crippen LogP contribution in [0.25, 0.3) is 0 Å². The number of aromatic nitrogens is 1. The molecule has 0 saturated heterocycles. The molecule has 0 radical (unpaired) electrons. The minimum atomic E-state index is -0.393. The molecular formula is C23H21ClN4O3. The molecule has 7 nitrogen and oxygen atoms in total. The molecule has 1 amide bonds. The summed E-state index contributed by atoms with van der Waals surface area (Å²) in [4.78, 5) is 33.0. The van der Waals surface area contributed by atoms with Gasteiger partial charge in [0, 0.05) is 28.7 Å². The van der Waals surface area contributed by atoms with Crippen LogP contribution in [0.15, 0.2) is 78.0 Å². The van der Waals surface area contributed by atoms with Crippen molar-refractivity contribution >= 4 is 35.1 Å². The summed E-state index contributed by atoms with van der Waals surface area (Å²) in [5, 5.41) is 6.40. The summed E-state index contributed by atoms with van der Waals surface area (Å²) < 4.78 is 4.99. The molecule has 0 saturated carbocycles. The molecule has 31 heavy (non-hydrogen) atoms. The van der Waals surface area contributed by atoms with Gasteiger partial charge in [0.25, 0.3) is 5.91 Å². The third-order valence-corrected chi connectivity index (χ3v) is 4.39. The van der Waals surface area contributed by atoms with Crippen molar-refractivity contribution < 1.29 is 14.3 Å². The maximum atomic E-state index is 12.6. The van der Waals surface area contributed by atoms with Gasteiger partial charge < -0.3 is 10.1 Å². The number of amides is 1. The Kier molecular flexibility index (Phi) is 7.73. The number of ether oxygens (including phenoxy) is 1. The number of carbonyl (C=O) groups is 2. The van der Waals surface area contributed by atoms with E-state index < -0.39 is 5.97 Å². The van der Waals surface area contributed by atoms with E-state index in [0.29, 0.717) is 35.0 Å². The molecule has 2 N–H and O–H groups in total. The van der Waals surface area contributed by atoms with Crippen molar-refractivity contribution in [2.45, 2.75) is 13.5 Å². The van der Waals surface area contributed by atoms with Crippen molar-refractivity contribution in [1.82, 2.24) is 10.3 Å². The van der Waals surface area contributed by atoms with Crippen LogP contribution in [-0.4, -0.2) is 29.4 Å². The fourth-order valence-electron chi connectivity index (χ4n) is 2.59. The van der Waals surface area contributed by atoms with E-state index >= 15 is 0 Å². The van der Waals surface area contributed by atoms with Crippen LogP contribution >= 0.6 is 11.6 Å². The summed E-state index contributed by atoms with van der Waals surface area (Å²) in [6.45, 7) is 2.38. The van der Waals surface area contributed by atoms with Crippen molar-refractivity contribution in [3.8, 4) is 0 Å². The molecule has 0 atom stereocenters. The second-order valence-electron chi connectivity index (χ2n) is 6.41. The molecule has 8 heteroatoms. The second-order valence-corrected chi connectivity index (χ2v) is 6.85. The zero-order valence-electron chi connectivity index (χ0n) is 16.8. The van der Waals surface area contributed by atoms with E-state index in [-0.39, 0.29) is 11.9 Å². The van der Waals surface area contributed by atoms with E-state index in [2.05, 4.69) is 20.6 Å². The lowest BCUT2D eigenvalue weighted by molar-refractivity contribution is 0.0526. The summed E-state index contributed by atoms with van der Waals surface area (Å²) in [7, 11) is 0. The van der Waals surface area contributed by atoms with E-state index in [1.165, 1.54) is 0 Å². The normalized spacial score (nSPS) is 11.0. The number of benzene rings is 2. The highest BCUT2D eigenvalue weighted by Crippen LogP contribution is 2.12. The largest absolute Gasteiger partial charge is 0.462 e. The molecule has 158 valence electrons. The average Bonchev–Trinajstić information content (AvgIpc) is 2.79. The predicted molar refractivity (Wildman–Crippen MR) is 120 cm³/mol. The van der Waals surface area contributed by atoms with Gasteiger partial charge in [-0.2, -0.15) is 0 Å². The molecule has 3 rings (SSSR count). The van der Waals surface area contributed by atoms with Gasteiger partial charge in [0.05, 0.1) is 18.7 Å². The van der Waals surface area contributed by atoms with Gasteiger partial charge in [0.1, 0.15) is 0 Å². The van der Waals surface area contributed by atoms with Gasteiger partial charge in [-0.3, -0.25) is 15.1 Å². The van der Waals surface area contributed by atoms with E-state index in [4.69, 9.17) is 16.3 Å². The average molecular weight is 437 g/mol. The number of aliphatic imine (C=N–C) groups is 1. The number of nitrogens with zero attached hydrogens (tertiary/aromatic N) is 2. The van der Waals surface area contributed by atoms with Crippen LogP contribution in [0.5, 0.6) is 0 Å². The lowest BCUT2D eigenvalue weighted by Gasteiger charge is -2.12. The molecular weight excluding hydrogens is 416 g/mol. The topological polar surface area (TPSA) is 92.7 Å². The quantitative estimate of drug-likeness (QED) is 0.341. The zero-order valence-corrected chi connectivity index (χ0v) is 17.6. The Balaban J connectivity index is 1.77. The summed E-state index contributed by atoms with van der Waals surface area (Å²) in [5.41, 5.74) is 2.42. The predicted octanol–water partition coefficient (Wildman–Crippen LogP) is 4.31. The van der Waals surface area contributed by atoms with Crippen LogP contribution in [0, 0.1) is 0 Å². The Morgan fingerprint density at radius 1 is 1.03 bits per heavy atom. The molecule has 0 spiro atoms. The standard InChI is InChI=1S/C23H21ClN4O3/c1-2-31-22(30)18-7-11-20(12-8-18)27-23(26-15-16-4-3-13-25-14-16)28-21(29)17-5-9-19(24)10-6-17/h3-14H,2,15H2,1H3,(H2,26,27,28,29). The molecule has 0 unspecified atom stereocenters. The SMILES string of the molecule is CCOC(=O)c1ccc(NC(=NCc2cccnc2)NC(=O)c2ccc(Cl)cc2)cc1. The molecule has 1 heterocycles. The first-order valence-electron chi connectivity index (χ1n) is 9.59. The number of halogens is 1. The van der Waals surface area contributed by atoms with Gasteiger partial charge in [-0.05, 0) is 67.1 Å². The van der Waals surface area contributed by atoms with Crippen LogP contribution in [-0.2, 0) is 11.3 Å². The van der Waals surface area contributed by atoms with Gasteiger partial charge in [0.2, 0.25) is 5.96 Å². The van der Waals surface area contributed by atoms with Crippen molar-refractivity contribution in [2.24, 2.45) is 4.99 Å². The summed E-state index contributed by atoms with van der Waals surface area (Å²) in [6, 6.07) is 17.0. The van der Waals surface area contributed by atoms with Crippen molar-refractivity contribution in [3.05, 3.63) is 94.8 Å². The van der Waals surface area contributed by atoms with Gasteiger partial charge in [-0.15, -0.1) is 0 Å². The molecule has 2 aromatic carbocycles. The highest BCUT2D eigenvalue weighted by molar-refractivity contribution is 6.30. The van der Waals surface area contributed by atoms with Crippen molar-refractivity contribution in [2.75, 3.05) is 11.9 Å². The summed E-state index contributed by atoms with van der Waals surface area (Å²) >= 11 is 5.90. The fourth-order valence-corrected chi connectivity index (χ4v) is 2.72. The first-order valence-corrected chi connectivity index (χ1v) is 9.97. The minimum absolute atomic E-state index is 0.257. The van der Waals surface area contributed by atoms with E-state index in [9.17, 15) is 9.59 Å². The van der Waals surface area contributed by atoms with Gasteiger partial charge in [0.15, 0.2) is 0 Å². The molecule has 0 aliphatic heterocycles. The number of hydrogen-bond donors (Lipinski definition) is 2. The third kappa shape index (κ3) is 6.65. The fraction of sp³-hybridized carbons (Fsp3) is 0.130. The van der Waals surface area contributed by atoms with Gasteiger partial charge in [-0.25, -0.2) is 9.79 Å². The Hall–Kier alpha value is -3.71. The lowest BCUT2D eigenvalue weighted by atomic mass is 10.2. The Bertz CT molecular complexity index is 1050. The maximum absolute atomic E-state index is 12.6. The third-order valence-electron chi connectivity index (χ3n) is 4.14. The Morgan fingerprint density at radius 2 is 1.74 bits per heavy atom. The summed E-state index contributed by atoms with van der Waals surface area (Å²) in [6.07, 6.45) is 3.38. The first-order chi connectivity index (χ1) is 15.0. The number of carbonyl (C=O) groups excluding carboxylic acids is 2. The van der Waals surface area contributed by atoms with E-state index in [1.54, 1.807) is 67.8 Å². The molecule has 0 aliphatic rings. The monoisotopic (exact) mass is 436 g/mol. The second kappa shape index (κ2) is 10.9. The maximum Gasteiger partial charge on any atom is 0.338 e.